The third kappa shape index (κ3) is 2.37. The number of thiocarbonyl (C=S) groups is 1. The fourth-order valence-corrected chi connectivity index (χ4v) is 3.12. The van der Waals surface area contributed by atoms with Crippen molar-refractivity contribution in [2.24, 2.45) is 0 Å². The standard InChI is InChI=1S/C17H15FN2OS/c1-2-19-15(12-6-4-3-5-7-12)16(21)20(17(19)22)14-10-8-13(18)9-11-14/h3-11,15H,2H2,1H3. The number of carbonyl (C=O) groups is 1. The van der Waals surface area contributed by atoms with Crippen LogP contribution in [0.4, 0.5) is 10.1 Å². The van der Waals surface area contributed by atoms with E-state index in [9.17, 15) is 9.18 Å². The SMILES string of the molecule is CCN1C(=S)N(c2ccc(F)cc2)C(=O)C1c1ccccc1. The van der Waals surface area contributed by atoms with Crippen LogP contribution in [-0.2, 0) is 4.79 Å². The molecule has 1 saturated heterocycles. The van der Waals surface area contributed by atoms with Crippen molar-refractivity contribution in [3.63, 3.8) is 0 Å². The Labute approximate surface area is 134 Å². The lowest BCUT2D eigenvalue weighted by molar-refractivity contribution is -0.119. The summed E-state index contributed by atoms with van der Waals surface area (Å²) in [5.74, 6) is -0.446. The fourth-order valence-electron chi connectivity index (χ4n) is 2.69. The highest BCUT2D eigenvalue weighted by molar-refractivity contribution is 7.80. The quantitative estimate of drug-likeness (QED) is 0.810. The van der Waals surface area contributed by atoms with E-state index in [1.165, 1.54) is 17.0 Å². The Bertz CT molecular complexity index is 702. The van der Waals surface area contributed by atoms with Gasteiger partial charge >= 0.3 is 0 Å². The van der Waals surface area contributed by atoms with Crippen molar-refractivity contribution in [1.29, 1.82) is 0 Å². The predicted molar refractivity (Wildman–Crippen MR) is 88.0 cm³/mol. The van der Waals surface area contributed by atoms with Gasteiger partial charge in [-0.25, -0.2) is 4.39 Å². The molecule has 0 spiro atoms. The van der Waals surface area contributed by atoms with Gasteiger partial charge in [0.1, 0.15) is 11.9 Å². The van der Waals surface area contributed by atoms with Crippen molar-refractivity contribution in [3.8, 4) is 0 Å². The van der Waals surface area contributed by atoms with E-state index in [1.807, 2.05) is 42.2 Å². The summed E-state index contributed by atoms with van der Waals surface area (Å²) in [4.78, 5) is 16.2. The molecule has 0 aromatic heterocycles. The Hall–Kier alpha value is -2.27. The van der Waals surface area contributed by atoms with E-state index in [0.717, 1.165) is 5.56 Å². The molecule has 1 heterocycles. The van der Waals surface area contributed by atoms with Crippen LogP contribution in [0.5, 0.6) is 0 Å². The molecule has 112 valence electrons. The molecule has 1 unspecified atom stereocenters. The molecule has 1 fully saturated rings. The Balaban J connectivity index is 2.02. The molecule has 0 bridgehead atoms. The number of hydrogen-bond acceptors (Lipinski definition) is 2. The number of halogens is 1. The molecule has 2 aromatic rings. The molecule has 0 N–H and O–H groups in total. The molecule has 1 aliphatic heterocycles. The molecule has 5 heteroatoms. The van der Waals surface area contributed by atoms with Crippen molar-refractivity contribution < 1.29 is 9.18 Å². The van der Waals surface area contributed by atoms with Crippen LogP contribution in [0.1, 0.15) is 18.5 Å². The van der Waals surface area contributed by atoms with Gasteiger partial charge in [-0.3, -0.25) is 9.69 Å². The summed E-state index contributed by atoms with van der Waals surface area (Å²) in [6.45, 7) is 2.59. The van der Waals surface area contributed by atoms with Crippen molar-refractivity contribution in [2.45, 2.75) is 13.0 Å². The minimum Gasteiger partial charge on any atom is -0.333 e. The van der Waals surface area contributed by atoms with Crippen molar-refractivity contribution in [2.75, 3.05) is 11.4 Å². The lowest BCUT2D eigenvalue weighted by Gasteiger charge is -2.22. The highest BCUT2D eigenvalue weighted by atomic mass is 32.1. The van der Waals surface area contributed by atoms with Gasteiger partial charge in [-0.05, 0) is 49.0 Å². The molecule has 1 aliphatic rings. The zero-order valence-corrected chi connectivity index (χ0v) is 12.9. The molecule has 22 heavy (non-hydrogen) atoms. The third-order valence-corrected chi connectivity index (χ3v) is 4.16. The maximum atomic E-state index is 13.1. The minimum absolute atomic E-state index is 0.107. The van der Waals surface area contributed by atoms with Crippen LogP contribution in [0.3, 0.4) is 0 Å². The number of rotatable bonds is 3. The van der Waals surface area contributed by atoms with E-state index in [1.54, 1.807) is 12.1 Å². The second kappa shape index (κ2) is 5.85. The summed E-state index contributed by atoms with van der Waals surface area (Å²) in [5, 5.41) is 0.452. The van der Waals surface area contributed by atoms with E-state index < -0.39 is 6.04 Å². The molecular weight excluding hydrogens is 299 g/mol. The minimum atomic E-state index is -0.427. The summed E-state index contributed by atoms with van der Waals surface area (Å²) >= 11 is 5.47. The lowest BCUT2D eigenvalue weighted by atomic mass is 10.1. The summed E-state index contributed by atoms with van der Waals surface area (Å²) in [7, 11) is 0. The normalized spacial score (nSPS) is 18.2. The second-order valence-electron chi connectivity index (χ2n) is 5.03. The highest BCUT2D eigenvalue weighted by Crippen LogP contribution is 2.34. The van der Waals surface area contributed by atoms with Gasteiger partial charge in [0.25, 0.3) is 5.91 Å². The second-order valence-corrected chi connectivity index (χ2v) is 5.40. The van der Waals surface area contributed by atoms with Crippen LogP contribution < -0.4 is 4.90 Å². The molecule has 0 radical (unpaired) electrons. The molecule has 3 nitrogen and oxygen atoms in total. The molecule has 1 amide bonds. The number of likely N-dealkylation sites (N-methyl/N-ethyl adjacent to an activating group) is 1. The molecular formula is C17H15FN2OS. The average molecular weight is 314 g/mol. The van der Waals surface area contributed by atoms with Crippen molar-refractivity contribution in [3.05, 3.63) is 66.0 Å². The van der Waals surface area contributed by atoms with Gasteiger partial charge in [-0.1, -0.05) is 30.3 Å². The first-order valence-corrected chi connectivity index (χ1v) is 7.49. The van der Waals surface area contributed by atoms with Crippen molar-refractivity contribution in [1.82, 2.24) is 4.90 Å². The topological polar surface area (TPSA) is 23.6 Å². The zero-order chi connectivity index (χ0) is 15.7. The van der Waals surface area contributed by atoms with E-state index in [-0.39, 0.29) is 11.7 Å². The lowest BCUT2D eigenvalue weighted by Crippen LogP contribution is -2.32. The Morgan fingerprint density at radius 3 is 2.32 bits per heavy atom. The number of nitrogens with zero attached hydrogens (tertiary/aromatic N) is 2. The first-order chi connectivity index (χ1) is 10.6. The molecule has 3 rings (SSSR count). The van der Waals surface area contributed by atoms with Gasteiger partial charge in [-0.15, -0.1) is 0 Å². The fraction of sp³-hybridized carbons (Fsp3) is 0.176. The maximum Gasteiger partial charge on any atom is 0.260 e. The van der Waals surface area contributed by atoms with Crippen LogP contribution >= 0.6 is 12.2 Å². The van der Waals surface area contributed by atoms with Gasteiger partial charge in [-0.2, -0.15) is 0 Å². The molecule has 0 aliphatic carbocycles. The Kier molecular flexibility index (Phi) is 3.90. The first kappa shape index (κ1) is 14.7. The van der Waals surface area contributed by atoms with Gasteiger partial charge < -0.3 is 4.90 Å². The third-order valence-electron chi connectivity index (χ3n) is 3.74. The van der Waals surface area contributed by atoms with Crippen LogP contribution in [0.25, 0.3) is 0 Å². The van der Waals surface area contributed by atoms with Gasteiger partial charge in [0, 0.05) is 6.54 Å². The predicted octanol–water partition coefficient (Wildman–Crippen LogP) is 3.52. The molecule has 2 aromatic carbocycles. The van der Waals surface area contributed by atoms with Crippen LogP contribution in [0.2, 0.25) is 0 Å². The van der Waals surface area contributed by atoms with E-state index in [0.29, 0.717) is 17.3 Å². The zero-order valence-electron chi connectivity index (χ0n) is 12.1. The number of hydrogen-bond donors (Lipinski definition) is 0. The van der Waals surface area contributed by atoms with E-state index >= 15 is 0 Å². The number of carbonyl (C=O) groups excluding carboxylic acids is 1. The molecule has 1 atom stereocenters. The maximum absolute atomic E-state index is 13.1. The Morgan fingerprint density at radius 1 is 1.09 bits per heavy atom. The van der Waals surface area contributed by atoms with Crippen LogP contribution in [0.15, 0.2) is 54.6 Å². The Morgan fingerprint density at radius 2 is 1.73 bits per heavy atom. The number of benzene rings is 2. The molecule has 0 saturated carbocycles. The largest absolute Gasteiger partial charge is 0.333 e. The summed E-state index contributed by atoms with van der Waals surface area (Å²) in [6, 6.07) is 14.9. The van der Waals surface area contributed by atoms with Gasteiger partial charge in [0.05, 0.1) is 5.69 Å². The van der Waals surface area contributed by atoms with E-state index in [4.69, 9.17) is 12.2 Å². The highest BCUT2D eigenvalue weighted by Gasteiger charge is 2.43. The monoisotopic (exact) mass is 314 g/mol. The van der Waals surface area contributed by atoms with Gasteiger partial charge in [0.15, 0.2) is 5.11 Å². The van der Waals surface area contributed by atoms with Crippen LogP contribution in [0, 0.1) is 5.82 Å². The number of amides is 1. The first-order valence-electron chi connectivity index (χ1n) is 7.08. The van der Waals surface area contributed by atoms with Crippen molar-refractivity contribution >= 4 is 28.9 Å². The number of anilines is 1. The summed E-state index contributed by atoms with van der Waals surface area (Å²) < 4.78 is 13.1. The summed E-state index contributed by atoms with van der Waals surface area (Å²) in [6.07, 6.45) is 0. The smallest absolute Gasteiger partial charge is 0.260 e. The average Bonchev–Trinajstić information content (AvgIpc) is 2.79. The van der Waals surface area contributed by atoms with Gasteiger partial charge in [0.2, 0.25) is 0 Å². The summed E-state index contributed by atoms with van der Waals surface area (Å²) in [5.41, 5.74) is 1.49. The van der Waals surface area contributed by atoms with Crippen LogP contribution in [-0.4, -0.2) is 22.5 Å². The van der Waals surface area contributed by atoms with E-state index in [2.05, 4.69) is 0 Å².